The lowest BCUT2D eigenvalue weighted by Crippen LogP contribution is -2.25. The molecule has 0 heterocycles. The van der Waals surface area contributed by atoms with Crippen molar-refractivity contribution in [3.63, 3.8) is 0 Å². The maximum absolute atomic E-state index is 12.7. The van der Waals surface area contributed by atoms with E-state index in [2.05, 4.69) is 10.6 Å². The molecule has 0 aromatic heterocycles. The van der Waals surface area contributed by atoms with Crippen molar-refractivity contribution in [2.45, 2.75) is 12.3 Å². The van der Waals surface area contributed by atoms with Crippen molar-refractivity contribution in [1.29, 1.82) is 0 Å². The van der Waals surface area contributed by atoms with Crippen LogP contribution in [0.5, 0.6) is 5.75 Å². The van der Waals surface area contributed by atoms with Crippen LogP contribution < -0.4 is 15.4 Å². The summed E-state index contributed by atoms with van der Waals surface area (Å²) in [7, 11) is -1.55. The average Bonchev–Trinajstić information content (AvgIpc) is 2.78. The minimum Gasteiger partial charge on any atom is -0.497 e. The van der Waals surface area contributed by atoms with E-state index in [1.807, 2.05) is 0 Å². The van der Waals surface area contributed by atoms with Gasteiger partial charge in [-0.1, -0.05) is 36.4 Å². The number of hydrogen-bond acceptors (Lipinski definition) is 5. The Kier molecular flexibility index (Phi) is 7.27. The Morgan fingerprint density at radius 3 is 2.09 bits per heavy atom. The molecule has 0 radical (unpaired) electrons. The van der Waals surface area contributed by atoms with Crippen molar-refractivity contribution in [3.05, 3.63) is 95.1 Å². The van der Waals surface area contributed by atoms with Crippen LogP contribution in [-0.4, -0.2) is 33.6 Å². The molecular formula is C24H24N2O5S. The fourth-order valence-electron chi connectivity index (χ4n) is 3.06. The molecule has 3 rings (SSSR count). The smallest absolute Gasteiger partial charge is 0.255 e. The van der Waals surface area contributed by atoms with E-state index in [0.717, 1.165) is 5.56 Å². The van der Waals surface area contributed by atoms with Crippen LogP contribution in [0.2, 0.25) is 0 Å². The van der Waals surface area contributed by atoms with Crippen LogP contribution in [-0.2, 0) is 22.1 Å². The first kappa shape index (κ1) is 23.0. The maximum Gasteiger partial charge on any atom is 0.255 e. The summed E-state index contributed by atoms with van der Waals surface area (Å²) >= 11 is 0. The van der Waals surface area contributed by atoms with E-state index >= 15 is 0 Å². The fourth-order valence-corrected chi connectivity index (χ4v) is 3.86. The Morgan fingerprint density at radius 1 is 0.844 bits per heavy atom. The molecule has 0 aliphatic heterocycles. The highest BCUT2D eigenvalue weighted by Crippen LogP contribution is 2.18. The normalized spacial score (nSPS) is 10.9. The molecule has 0 atom stereocenters. The van der Waals surface area contributed by atoms with Crippen LogP contribution in [0.1, 0.15) is 31.8 Å². The van der Waals surface area contributed by atoms with Gasteiger partial charge in [0.2, 0.25) is 0 Å². The first-order valence-corrected chi connectivity index (χ1v) is 11.9. The molecule has 8 heteroatoms. The first-order valence-electron chi connectivity index (χ1n) is 9.83. The zero-order valence-electron chi connectivity index (χ0n) is 17.8. The molecule has 0 spiro atoms. The number of amides is 2. The number of benzene rings is 3. The Bertz CT molecular complexity index is 1200. The Labute approximate surface area is 187 Å². The summed E-state index contributed by atoms with van der Waals surface area (Å²) in [5.41, 5.74) is 2.69. The average molecular weight is 453 g/mol. The van der Waals surface area contributed by atoms with Crippen molar-refractivity contribution in [2.75, 3.05) is 18.7 Å². The fraction of sp³-hybridized carbons (Fsp3) is 0.167. The molecule has 0 saturated carbocycles. The molecule has 3 aromatic carbocycles. The highest BCUT2D eigenvalue weighted by Gasteiger charge is 2.14. The Balaban J connectivity index is 1.65. The van der Waals surface area contributed by atoms with Crippen LogP contribution >= 0.6 is 0 Å². The lowest BCUT2D eigenvalue weighted by molar-refractivity contribution is 0.0951. The van der Waals surface area contributed by atoms with Crippen LogP contribution in [0.4, 0.5) is 5.69 Å². The van der Waals surface area contributed by atoms with Crippen molar-refractivity contribution >= 4 is 27.3 Å². The van der Waals surface area contributed by atoms with Gasteiger partial charge in [0.25, 0.3) is 11.8 Å². The summed E-state index contributed by atoms with van der Waals surface area (Å²) in [5.74, 6) is -0.0585. The van der Waals surface area contributed by atoms with E-state index in [9.17, 15) is 18.0 Å². The van der Waals surface area contributed by atoms with Crippen molar-refractivity contribution < 1.29 is 22.7 Å². The molecule has 3 aromatic rings. The zero-order valence-corrected chi connectivity index (χ0v) is 18.6. The van der Waals surface area contributed by atoms with Crippen molar-refractivity contribution in [3.8, 4) is 5.75 Å². The van der Waals surface area contributed by atoms with Crippen LogP contribution in [0, 0.1) is 0 Å². The topological polar surface area (TPSA) is 102 Å². The number of methoxy groups -OCH3 is 1. The van der Waals surface area contributed by atoms with Gasteiger partial charge in [-0.25, -0.2) is 8.42 Å². The second-order valence-corrected chi connectivity index (χ2v) is 9.44. The van der Waals surface area contributed by atoms with Gasteiger partial charge in [0.15, 0.2) is 9.84 Å². The molecule has 32 heavy (non-hydrogen) atoms. The highest BCUT2D eigenvalue weighted by molar-refractivity contribution is 7.89. The van der Waals surface area contributed by atoms with Gasteiger partial charge in [-0.05, 0) is 47.5 Å². The summed E-state index contributed by atoms with van der Waals surface area (Å²) in [5, 5.41) is 5.60. The molecule has 2 amide bonds. The molecule has 0 saturated heterocycles. The summed E-state index contributed by atoms with van der Waals surface area (Å²) in [6.45, 7) is 0.263. The summed E-state index contributed by atoms with van der Waals surface area (Å²) in [6, 6.07) is 20.4. The molecule has 0 aliphatic carbocycles. The third-order valence-corrected chi connectivity index (χ3v) is 5.53. The summed E-state index contributed by atoms with van der Waals surface area (Å²) < 4.78 is 27.9. The predicted octanol–water partition coefficient (Wildman–Crippen LogP) is 3.42. The number of nitrogens with one attached hydrogen (secondary N) is 2. The van der Waals surface area contributed by atoms with E-state index in [0.29, 0.717) is 28.1 Å². The summed E-state index contributed by atoms with van der Waals surface area (Å²) in [6.07, 6.45) is 1.19. The van der Waals surface area contributed by atoms with Gasteiger partial charge in [0.05, 0.1) is 24.1 Å². The number of anilines is 1. The van der Waals surface area contributed by atoms with E-state index in [1.54, 1.807) is 79.9 Å². The third-order valence-electron chi connectivity index (χ3n) is 4.68. The van der Waals surface area contributed by atoms with Crippen LogP contribution in [0.15, 0.2) is 72.8 Å². The lowest BCUT2D eigenvalue weighted by Gasteiger charge is -2.12. The Morgan fingerprint density at radius 2 is 1.47 bits per heavy atom. The van der Waals surface area contributed by atoms with Crippen molar-refractivity contribution in [2.24, 2.45) is 0 Å². The number of carbonyl (C=O) groups excluding carboxylic acids is 2. The van der Waals surface area contributed by atoms with Gasteiger partial charge >= 0.3 is 0 Å². The zero-order chi connectivity index (χ0) is 23.1. The van der Waals surface area contributed by atoms with Gasteiger partial charge in [0, 0.05) is 18.4 Å². The monoisotopic (exact) mass is 452 g/mol. The molecule has 0 aliphatic rings. The minimum absolute atomic E-state index is 0.0269. The van der Waals surface area contributed by atoms with Crippen LogP contribution in [0.3, 0.4) is 0 Å². The number of hydrogen-bond donors (Lipinski definition) is 2. The predicted molar refractivity (Wildman–Crippen MR) is 124 cm³/mol. The SMILES string of the molecule is COc1ccc(C(=O)Nc2ccccc2C(=O)NCc2ccc(CS(C)(=O)=O)cc2)cc1. The van der Waals surface area contributed by atoms with Crippen LogP contribution in [0.25, 0.3) is 0 Å². The third kappa shape index (κ3) is 6.42. The number of sulfone groups is 1. The highest BCUT2D eigenvalue weighted by atomic mass is 32.2. The molecular weight excluding hydrogens is 428 g/mol. The number of carbonyl (C=O) groups is 2. The van der Waals surface area contributed by atoms with Gasteiger partial charge in [-0.3, -0.25) is 9.59 Å². The van der Waals surface area contributed by atoms with Crippen molar-refractivity contribution in [1.82, 2.24) is 5.32 Å². The first-order chi connectivity index (χ1) is 15.2. The molecule has 0 fully saturated rings. The lowest BCUT2D eigenvalue weighted by atomic mass is 10.1. The van der Waals surface area contributed by atoms with E-state index in [1.165, 1.54) is 6.26 Å². The second kappa shape index (κ2) is 10.1. The molecule has 7 nitrogen and oxygen atoms in total. The van der Waals surface area contributed by atoms with Gasteiger partial charge in [-0.2, -0.15) is 0 Å². The largest absolute Gasteiger partial charge is 0.497 e. The molecule has 166 valence electrons. The van der Waals surface area contributed by atoms with Gasteiger partial charge in [0.1, 0.15) is 5.75 Å². The van der Waals surface area contributed by atoms with E-state index in [4.69, 9.17) is 4.74 Å². The van der Waals surface area contributed by atoms with Gasteiger partial charge in [-0.15, -0.1) is 0 Å². The number of para-hydroxylation sites is 1. The molecule has 0 bridgehead atoms. The maximum atomic E-state index is 12.7. The molecule has 0 unspecified atom stereocenters. The van der Waals surface area contributed by atoms with Gasteiger partial charge < -0.3 is 15.4 Å². The van der Waals surface area contributed by atoms with E-state index < -0.39 is 9.84 Å². The van der Waals surface area contributed by atoms with E-state index in [-0.39, 0.29) is 24.1 Å². The quantitative estimate of drug-likeness (QED) is 0.545. The molecule has 2 N–H and O–H groups in total. The number of rotatable bonds is 8. The summed E-state index contributed by atoms with van der Waals surface area (Å²) in [4.78, 5) is 25.3. The minimum atomic E-state index is -3.10. The Hall–Kier alpha value is -3.65. The standard InChI is InChI=1S/C24H24N2O5S/c1-31-20-13-11-19(12-14-20)23(27)26-22-6-4-3-5-21(22)24(28)25-15-17-7-9-18(10-8-17)16-32(2,29)30/h3-14H,15-16H2,1-2H3,(H,25,28)(H,26,27). The number of ether oxygens (including phenoxy) is 1. The second-order valence-electron chi connectivity index (χ2n) is 7.30.